The number of hydrogen-bond acceptors (Lipinski definition) is 2. The third kappa shape index (κ3) is 7.38. The lowest BCUT2D eigenvalue weighted by molar-refractivity contribution is -0.128. The van der Waals surface area contributed by atoms with Gasteiger partial charge in [-0.3, -0.25) is 9.79 Å². The Labute approximate surface area is 104 Å². The molecule has 5 nitrogen and oxygen atoms in total. The highest BCUT2D eigenvalue weighted by Crippen LogP contribution is 2.11. The number of carbonyl (C=O) groups is 1. The zero-order valence-electron chi connectivity index (χ0n) is 11.3. The lowest BCUT2D eigenvalue weighted by Gasteiger charge is -2.18. The van der Waals surface area contributed by atoms with Crippen molar-refractivity contribution in [3.8, 4) is 0 Å². The van der Waals surface area contributed by atoms with Crippen LogP contribution in [0.25, 0.3) is 0 Å². The Bertz CT molecular complexity index is 279. The largest absolute Gasteiger partial charge is 0.355 e. The van der Waals surface area contributed by atoms with Crippen molar-refractivity contribution in [1.29, 1.82) is 0 Å². The number of amides is 1. The Balaban J connectivity index is 3.77. The highest BCUT2D eigenvalue weighted by Gasteiger charge is 2.20. The summed E-state index contributed by atoms with van der Waals surface area (Å²) >= 11 is 0. The van der Waals surface area contributed by atoms with Crippen molar-refractivity contribution in [2.24, 2.45) is 10.4 Å². The van der Waals surface area contributed by atoms with Crippen molar-refractivity contribution in [3.63, 3.8) is 0 Å². The average molecular weight is 240 g/mol. The van der Waals surface area contributed by atoms with E-state index >= 15 is 0 Å². The minimum absolute atomic E-state index is 0.0494. The van der Waals surface area contributed by atoms with Crippen molar-refractivity contribution < 1.29 is 4.79 Å². The minimum atomic E-state index is -0.344. The van der Waals surface area contributed by atoms with Gasteiger partial charge in [-0.15, -0.1) is 6.58 Å². The summed E-state index contributed by atoms with van der Waals surface area (Å²) in [6.07, 6.45) is 1.76. The molecule has 0 spiro atoms. The van der Waals surface area contributed by atoms with E-state index in [2.05, 4.69) is 27.5 Å². The molecule has 5 heteroatoms. The molecule has 0 aliphatic carbocycles. The molecule has 0 saturated carbocycles. The summed E-state index contributed by atoms with van der Waals surface area (Å²) in [7, 11) is 1.70. The number of nitrogens with zero attached hydrogens (tertiary/aromatic N) is 1. The van der Waals surface area contributed by atoms with Crippen molar-refractivity contribution in [2.45, 2.75) is 20.8 Å². The molecule has 0 aliphatic rings. The van der Waals surface area contributed by atoms with Crippen LogP contribution in [0.5, 0.6) is 0 Å². The number of hydrogen-bond donors (Lipinski definition) is 3. The fourth-order valence-electron chi connectivity index (χ4n) is 1.01. The number of rotatable bonds is 5. The first-order chi connectivity index (χ1) is 7.91. The molecule has 0 radical (unpaired) electrons. The summed E-state index contributed by atoms with van der Waals surface area (Å²) in [6.45, 7) is 11.2. The summed E-state index contributed by atoms with van der Waals surface area (Å²) in [5, 5.41) is 8.99. The molecule has 0 aromatic heterocycles. The van der Waals surface area contributed by atoms with Gasteiger partial charge in [0.05, 0.1) is 0 Å². The second kappa shape index (κ2) is 7.70. The van der Waals surface area contributed by atoms with E-state index in [0.717, 1.165) is 0 Å². The van der Waals surface area contributed by atoms with Gasteiger partial charge < -0.3 is 16.0 Å². The van der Waals surface area contributed by atoms with E-state index in [1.807, 2.05) is 20.8 Å². The third-order valence-electron chi connectivity index (χ3n) is 2.02. The van der Waals surface area contributed by atoms with E-state index in [9.17, 15) is 4.79 Å². The molecular formula is C12H24N4O. The molecule has 1 amide bonds. The van der Waals surface area contributed by atoms with Crippen LogP contribution in [0.3, 0.4) is 0 Å². The molecule has 0 heterocycles. The first kappa shape index (κ1) is 15.5. The maximum atomic E-state index is 11.6. The topological polar surface area (TPSA) is 65.5 Å². The summed E-state index contributed by atoms with van der Waals surface area (Å²) in [5.74, 6) is 0.753. The Morgan fingerprint density at radius 2 is 1.82 bits per heavy atom. The first-order valence-corrected chi connectivity index (χ1v) is 5.75. The maximum absolute atomic E-state index is 11.6. The fraction of sp³-hybridized carbons (Fsp3) is 0.667. The second-order valence-electron chi connectivity index (χ2n) is 4.67. The van der Waals surface area contributed by atoms with Gasteiger partial charge in [0.2, 0.25) is 5.91 Å². The van der Waals surface area contributed by atoms with Crippen LogP contribution < -0.4 is 16.0 Å². The van der Waals surface area contributed by atoms with Crippen molar-refractivity contribution in [2.75, 3.05) is 26.7 Å². The molecule has 0 atom stereocenters. The molecule has 17 heavy (non-hydrogen) atoms. The van der Waals surface area contributed by atoms with Gasteiger partial charge >= 0.3 is 0 Å². The molecular weight excluding hydrogens is 216 g/mol. The SMILES string of the molecule is C=CCNC(=NC)NCCNC(=O)C(C)(C)C. The molecule has 3 N–H and O–H groups in total. The molecule has 0 unspecified atom stereocenters. The van der Waals surface area contributed by atoms with Gasteiger partial charge in [-0.25, -0.2) is 0 Å². The predicted octanol–water partition coefficient (Wildman–Crippen LogP) is 0.500. The van der Waals surface area contributed by atoms with E-state index < -0.39 is 0 Å². The van der Waals surface area contributed by atoms with Crippen LogP contribution in [0.15, 0.2) is 17.6 Å². The number of nitrogens with one attached hydrogen (secondary N) is 3. The lowest BCUT2D eigenvalue weighted by Crippen LogP contribution is -2.43. The third-order valence-corrected chi connectivity index (χ3v) is 2.02. The number of aliphatic imine (C=N–C) groups is 1. The molecule has 0 aromatic rings. The maximum Gasteiger partial charge on any atom is 0.225 e. The molecule has 0 saturated heterocycles. The van der Waals surface area contributed by atoms with Crippen LogP contribution in [0.4, 0.5) is 0 Å². The summed E-state index contributed by atoms with van der Waals surface area (Å²) < 4.78 is 0. The van der Waals surface area contributed by atoms with E-state index in [1.54, 1.807) is 13.1 Å². The van der Waals surface area contributed by atoms with E-state index in [1.165, 1.54) is 0 Å². The molecule has 0 fully saturated rings. The monoisotopic (exact) mass is 240 g/mol. The lowest BCUT2D eigenvalue weighted by atomic mass is 9.96. The van der Waals surface area contributed by atoms with Gasteiger partial charge in [0.25, 0.3) is 0 Å². The Hall–Kier alpha value is -1.52. The highest BCUT2D eigenvalue weighted by molar-refractivity contribution is 5.81. The smallest absolute Gasteiger partial charge is 0.225 e. The van der Waals surface area contributed by atoms with E-state index in [-0.39, 0.29) is 11.3 Å². The fourth-order valence-corrected chi connectivity index (χ4v) is 1.01. The average Bonchev–Trinajstić information content (AvgIpc) is 2.26. The van der Waals surface area contributed by atoms with E-state index in [4.69, 9.17) is 0 Å². The second-order valence-corrected chi connectivity index (χ2v) is 4.67. The molecule has 0 rings (SSSR count). The number of guanidine groups is 1. The molecule has 98 valence electrons. The van der Waals surface area contributed by atoms with Crippen molar-refractivity contribution in [3.05, 3.63) is 12.7 Å². The van der Waals surface area contributed by atoms with Gasteiger partial charge in [-0.05, 0) is 0 Å². The molecule has 0 aliphatic heterocycles. The summed E-state index contributed by atoms with van der Waals surface area (Å²) in [5.41, 5.74) is -0.344. The Morgan fingerprint density at radius 1 is 1.24 bits per heavy atom. The van der Waals surface area contributed by atoms with Crippen LogP contribution in [0, 0.1) is 5.41 Å². The minimum Gasteiger partial charge on any atom is -0.355 e. The molecule has 0 bridgehead atoms. The van der Waals surface area contributed by atoms with Gasteiger partial charge in [0, 0.05) is 32.1 Å². The highest BCUT2D eigenvalue weighted by atomic mass is 16.2. The zero-order valence-corrected chi connectivity index (χ0v) is 11.3. The summed E-state index contributed by atoms with van der Waals surface area (Å²) in [4.78, 5) is 15.6. The first-order valence-electron chi connectivity index (χ1n) is 5.75. The van der Waals surface area contributed by atoms with Crippen molar-refractivity contribution in [1.82, 2.24) is 16.0 Å². The van der Waals surface area contributed by atoms with Gasteiger partial charge in [0.15, 0.2) is 5.96 Å². The quantitative estimate of drug-likeness (QED) is 0.284. The van der Waals surface area contributed by atoms with Crippen LogP contribution in [0.1, 0.15) is 20.8 Å². The standard InChI is InChI=1S/C12H24N4O/c1-6-7-15-11(13-5)16-9-8-14-10(17)12(2,3)4/h6H,1,7-9H2,2-5H3,(H,14,17)(H2,13,15,16). The van der Waals surface area contributed by atoms with Gasteiger partial charge in [0.1, 0.15) is 0 Å². The summed E-state index contributed by atoms with van der Waals surface area (Å²) in [6, 6.07) is 0. The normalized spacial score (nSPS) is 11.9. The zero-order chi connectivity index (χ0) is 13.3. The van der Waals surface area contributed by atoms with Crippen LogP contribution in [-0.4, -0.2) is 38.5 Å². The van der Waals surface area contributed by atoms with Crippen LogP contribution in [0.2, 0.25) is 0 Å². The molecule has 0 aromatic carbocycles. The Kier molecular flexibility index (Phi) is 7.02. The number of carbonyl (C=O) groups excluding carboxylic acids is 1. The van der Waals surface area contributed by atoms with Crippen LogP contribution in [-0.2, 0) is 4.79 Å². The van der Waals surface area contributed by atoms with Crippen molar-refractivity contribution >= 4 is 11.9 Å². The van der Waals surface area contributed by atoms with Gasteiger partial charge in [-0.2, -0.15) is 0 Å². The van der Waals surface area contributed by atoms with E-state index in [0.29, 0.717) is 25.6 Å². The Morgan fingerprint density at radius 3 is 2.29 bits per heavy atom. The predicted molar refractivity (Wildman–Crippen MR) is 72.0 cm³/mol. The van der Waals surface area contributed by atoms with Gasteiger partial charge in [-0.1, -0.05) is 26.8 Å². The van der Waals surface area contributed by atoms with Crippen LogP contribution >= 0.6 is 0 Å².